The molecule has 1 N–H and O–H groups in total. The van der Waals surface area contributed by atoms with Crippen molar-refractivity contribution in [2.45, 2.75) is 40.0 Å². The summed E-state index contributed by atoms with van der Waals surface area (Å²) in [5.41, 5.74) is 0.670. The minimum Gasteiger partial charge on any atom is -0.357 e. The topological polar surface area (TPSA) is 84.2 Å². The summed E-state index contributed by atoms with van der Waals surface area (Å²) in [5.74, 6) is 0.874. The van der Waals surface area contributed by atoms with Crippen molar-refractivity contribution >= 4 is 17.5 Å². The largest absolute Gasteiger partial charge is 0.357 e. The molecule has 1 aromatic heterocycles. The Balaban J connectivity index is 2.44. The molecule has 1 aromatic rings. The van der Waals surface area contributed by atoms with Gasteiger partial charge in [-0.1, -0.05) is 13.8 Å². The number of hydrogen-bond acceptors (Lipinski definition) is 6. The van der Waals surface area contributed by atoms with Crippen LogP contribution >= 0.6 is 0 Å². The molecule has 21 heavy (non-hydrogen) atoms. The van der Waals surface area contributed by atoms with E-state index in [1.54, 1.807) is 14.0 Å². The average Bonchev–Trinajstić information content (AvgIpc) is 2.91. The first-order valence-electron chi connectivity index (χ1n) is 7.42. The van der Waals surface area contributed by atoms with E-state index in [4.69, 9.17) is 0 Å². The maximum Gasteiger partial charge on any atom is 0.332 e. The highest BCUT2D eigenvalue weighted by Gasteiger charge is 2.38. The molecular weight excluding hydrogens is 270 g/mol. The van der Waals surface area contributed by atoms with Gasteiger partial charge in [0.25, 0.3) is 0 Å². The van der Waals surface area contributed by atoms with Crippen molar-refractivity contribution in [3.8, 4) is 0 Å². The fourth-order valence-electron chi connectivity index (χ4n) is 3.04. The first-order chi connectivity index (χ1) is 9.96. The second-order valence-corrected chi connectivity index (χ2v) is 5.69. The van der Waals surface area contributed by atoms with Gasteiger partial charge < -0.3 is 10.2 Å². The van der Waals surface area contributed by atoms with Crippen molar-refractivity contribution in [3.05, 3.63) is 15.8 Å². The van der Waals surface area contributed by atoms with Crippen LogP contribution in [0.5, 0.6) is 0 Å². The van der Waals surface area contributed by atoms with E-state index in [9.17, 15) is 10.1 Å². The molecule has 0 unspecified atom stereocenters. The molecule has 2 rings (SSSR count). The number of anilines is 2. The predicted molar refractivity (Wildman–Crippen MR) is 82.8 cm³/mol. The summed E-state index contributed by atoms with van der Waals surface area (Å²) in [4.78, 5) is 21.5. The summed E-state index contributed by atoms with van der Waals surface area (Å²) in [6, 6.07) is 0. The third-order valence-electron chi connectivity index (χ3n) is 4.68. The summed E-state index contributed by atoms with van der Waals surface area (Å²) in [6.07, 6.45) is 3.21. The first-order valence-corrected chi connectivity index (χ1v) is 7.42. The van der Waals surface area contributed by atoms with Crippen LogP contribution in [0.25, 0.3) is 0 Å². The van der Waals surface area contributed by atoms with E-state index in [1.165, 1.54) is 0 Å². The van der Waals surface area contributed by atoms with Crippen LogP contribution in [0.2, 0.25) is 0 Å². The number of nitrogens with zero attached hydrogens (tertiary/aromatic N) is 4. The molecule has 0 radical (unpaired) electrons. The molecule has 1 fully saturated rings. The van der Waals surface area contributed by atoms with Crippen LogP contribution in [0.15, 0.2) is 0 Å². The lowest BCUT2D eigenvalue weighted by Crippen LogP contribution is -2.28. The molecule has 0 aromatic carbocycles. The van der Waals surface area contributed by atoms with Gasteiger partial charge in [0.1, 0.15) is 5.69 Å². The van der Waals surface area contributed by atoms with Crippen molar-refractivity contribution in [1.82, 2.24) is 9.97 Å². The molecule has 1 aliphatic heterocycles. The zero-order chi connectivity index (χ0) is 15.6. The number of aromatic nitrogens is 2. The van der Waals surface area contributed by atoms with Crippen LogP contribution in [0, 0.1) is 22.5 Å². The minimum absolute atomic E-state index is 0.0250. The summed E-state index contributed by atoms with van der Waals surface area (Å²) >= 11 is 0. The van der Waals surface area contributed by atoms with E-state index in [0.717, 1.165) is 32.4 Å². The van der Waals surface area contributed by atoms with E-state index in [2.05, 4.69) is 29.1 Å². The van der Waals surface area contributed by atoms with Crippen LogP contribution in [-0.2, 0) is 0 Å². The van der Waals surface area contributed by atoms with E-state index in [-0.39, 0.29) is 16.0 Å². The van der Waals surface area contributed by atoms with Gasteiger partial charge in [0.05, 0.1) is 4.92 Å². The molecule has 1 aliphatic rings. The molecule has 0 bridgehead atoms. The number of nitro groups is 1. The fraction of sp³-hybridized carbons (Fsp3) is 0.714. The van der Waals surface area contributed by atoms with Crippen LogP contribution in [0.4, 0.5) is 17.5 Å². The lowest BCUT2D eigenvalue weighted by molar-refractivity contribution is -0.385. The Labute approximate surface area is 124 Å². The normalized spacial score (nSPS) is 17.0. The molecule has 0 spiro atoms. The third-order valence-corrected chi connectivity index (χ3v) is 4.68. The standard InChI is InChI=1S/C14H23N5O2/c1-5-14(6-2)7-8-18(9-14)12-11(19(20)21)10(3)16-13(15-4)17-12/h5-9H2,1-4H3,(H,15,16,17). The number of hydrogen-bond donors (Lipinski definition) is 1. The fourth-order valence-corrected chi connectivity index (χ4v) is 3.04. The monoisotopic (exact) mass is 293 g/mol. The van der Waals surface area contributed by atoms with Crippen molar-refractivity contribution in [1.29, 1.82) is 0 Å². The van der Waals surface area contributed by atoms with Crippen LogP contribution in [-0.4, -0.2) is 35.0 Å². The van der Waals surface area contributed by atoms with E-state index in [0.29, 0.717) is 17.5 Å². The quantitative estimate of drug-likeness (QED) is 0.663. The number of nitrogens with one attached hydrogen (secondary N) is 1. The van der Waals surface area contributed by atoms with Gasteiger partial charge in [0.2, 0.25) is 11.8 Å². The Hall–Kier alpha value is -1.92. The van der Waals surface area contributed by atoms with E-state index < -0.39 is 0 Å². The highest BCUT2D eigenvalue weighted by molar-refractivity contribution is 5.63. The summed E-state index contributed by atoms with van der Waals surface area (Å²) in [7, 11) is 1.72. The van der Waals surface area contributed by atoms with E-state index >= 15 is 0 Å². The first kappa shape index (κ1) is 15.5. The third kappa shape index (κ3) is 2.77. The van der Waals surface area contributed by atoms with E-state index in [1.807, 2.05) is 4.90 Å². The number of rotatable bonds is 5. The molecular formula is C14H23N5O2. The Morgan fingerprint density at radius 3 is 2.52 bits per heavy atom. The number of aryl methyl sites for hydroxylation is 1. The Bertz CT molecular complexity index is 542. The van der Waals surface area contributed by atoms with Crippen molar-refractivity contribution in [3.63, 3.8) is 0 Å². The van der Waals surface area contributed by atoms with Crippen molar-refractivity contribution in [2.75, 3.05) is 30.4 Å². The second kappa shape index (κ2) is 5.83. The lowest BCUT2D eigenvalue weighted by atomic mass is 9.82. The molecule has 116 valence electrons. The van der Waals surface area contributed by atoms with Crippen molar-refractivity contribution in [2.24, 2.45) is 5.41 Å². The van der Waals surface area contributed by atoms with Crippen LogP contribution in [0.1, 0.15) is 38.8 Å². The van der Waals surface area contributed by atoms with Gasteiger partial charge in [-0.3, -0.25) is 10.1 Å². The highest BCUT2D eigenvalue weighted by atomic mass is 16.6. The lowest BCUT2D eigenvalue weighted by Gasteiger charge is -2.26. The summed E-state index contributed by atoms with van der Waals surface area (Å²) < 4.78 is 0. The SMILES string of the molecule is CCC1(CC)CCN(c2nc(NC)nc(C)c2[N+](=O)[O-])C1. The molecule has 0 aliphatic carbocycles. The van der Waals surface area contributed by atoms with Gasteiger partial charge in [0, 0.05) is 20.1 Å². The van der Waals surface area contributed by atoms with Gasteiger partial charge in [0.15, 0.2) is 0 Å². The summed E-state index contributed by atoms with van der Waals surface area (Å²) in [6.45, 7) is 7.66. The molecule has 1 saturated heterocycles. The zero-order valence-corrected chi connectivity index (χ0v) is 13.1. The molecule has 0 amide bonds. The van der Waals surface area contributed by atoms with Crippen molar-refractivity contribution < 1.29 is 4.92 Å². The molecule has 2 heterocycles. The summed E-state index contributed by atoms with van der Waals surface area (Å²) in [5, 5.41) is 14.3. The van der Waals surface area contributed by atoms with Gasteiger partial charge >= 0.3 is 5.69 Å². The molecule has 0 saturated carbocycles. The zero-order valence-electron chi connectivity index (χ0n) is 13.1. The average molecular weight is 293 g/mol. The maximum atomic E-state index is 11.4. The van der Waals surface area contributed by atoms with Crippen LogP contribution < -0.4 is 10.2 Å². The molecule has 7 heteroatoms. The Kier molecular flexibility index (Phi) is 4.29. The Morgan fingerprint density at radius 2 is 2.05 bits per heavy atom. The smallest absolute Gasteiger partial charge is 0.332 e. The molecule has 0 atom stereocenters. The Morgan fingerprint density at radius 1 is 1.38 bits per heavy atom. The molecule has 7 nitrogen and oxygen atoms in total. The van der Waals surface area contributed by atoms with Gasteiger partial charge in [-0.15, -0.1) is 0 Å². The van der Waals surface area contributed by atoms with Gasteiger partial charge in [-0.2, -0.15) is 4.98 Å². The van der Waals surface area contributed by atoms with Gasteiger partial charge in [-0.05, 0) is 31.6 Å². The maximum absolute atomic E-state index is 11.4. The van der Waals surface area contributed by atoms with Crippen LogP contribution in [0.3, 0.4) is 0 Å². The minimum atomic E-state index is -0.373. The predicted octanol–water partition coefficient (Wildman–Crippen LogP) is 2.75. The highest BCUT2D eigenvalue weighted by Crippen LogP contribution is 2.41. The van der Waals surface area contributed by atoms with Gasteiger partial charge in [-0.25, -0.2) is 4.98 Å². The second-order valence-electron chi connectivity index (χ2n) is 5.69.